The maximum atomic E-state index is 12.5. The van der Waals surface area contributed by atoms with Gasteiger partial charge in [-0.2, -0.15) is 0 Å². The number of hydrogen-bond donors (Lipinski definition) is 5. The van der Waals surface area contributed by atoms with Gasteiger partial charge in [0.05, 0.1) is 44.8 Å². The smallest absolute Gasteiger partial charge is 0.406 e. The number of alkyl halides is 3. The first-order chi connectivity index (χ1) is 54.6. The van der Waals surface area contributed by atoms with Gasteiger partial charge in [-0.15, -0.1) is 13.2 Å². The van der Waals surface area contributed by atoms with Gasteiger partial charge in [-0.25, -0.2) is 0 Å². The van der Waals surface area contributed by atoms with Crippen molar-refractivity contribution in [2.75, 3.05) is 106 Å². The second-order valence-corrected chi connectivity index (χ2v) is 30.6. The van der Waals surface area contributed by atoms with E-state index in [1.165, 1.54) is 64.8 Å². The van der Waals surface area contributed by atoms with Gasteiger partial charge < -0.3 is 46.0 Å². The number of aromatic nitrogens is 4. The highest BCUT2D eigenvalue weighted by Gasteiger charge is 2.31. The second kappa shape index (κ2) is 43.1. The molecule has 20 heteroatoms. The standard InChI is InChI=1S/C25H29ClF3N3O.C23H26ClN3.C23H28ClN3.C22H26ClN3/c1-4-32(5-2)14-6-7-17(3)31-24-21-13-10-19(26)15-23(21)30-16-22(24)18-8-11-20(12-9-18)33-25(27,28)29;1-16-5-7-17(8-6-16)21-15-27-22-14-18(24)9-10-20(22)23(21)26-13-11-19-4-2-3-12-25-19;1-4-27(5-2)14-6-13-25-23-20-12-11-19(24)15-22(20)26-16-21(23)18-9-7-17(3)8-10-18;1-4-26(5-2)13-12-24-22-19-11-10-18(23)14-21(19)25-15-20(22)17-8-6-16(3)7-9-17/h8-13,15-17H,4-7,14H2,1-3H3,(H,30,31);5-10,14-15,19,25H,2-4,11-13H2,1H3,(H,26,27);7-12,15-16H,4-6,13-14H2,1-3H3,(H,25,26);6-11,14-15H,4-5,12-13H2,1-3H3,(H,24,25). The van der Waals surface area contributed by atoms with Gasteiger partial charge in [0.2, 0.25) is 0 Å². The lowest BCUT2D eigenvalue weighted by atomic mass is 10.00. The van der Waals surface area contributed by atoms with Crippen LogP contribution in [0.15, 0.2) is 195 Å². The molecule has 0 saturated carbocycles. The lowest BCUT2D eigenvalue weighted by Gasteiger charge is -2.24. The van der Waals surface area contributed by atoms with Crippen molar-refractivity contribution in [2.24, 2.45) is 0 Å². The number of hydrogen-bond acceptors (Lipinski definition) is 13. The maximum absolute atomic E-state index is 12.5. The van der Waals surface area contributed by atoms with Crippen molar-refractivity contribution >= 4 is 113 Å². The predicted molar refractivity (Wildman–Crippen MR) is 476 cm³/mol. The lowest BCUT2D eigenvalue weighted by Crippen LogP contribution is -2.35. The molecule has 13 rings (SSSR count). The van der Waals surface area contributed by atoms with Crippen molar-refractivity contribution < 1.29 is 17.9 Å². The Bertz CT molecular complexity index is 4980. The molecule has 8 aromatic carbocycles. The lowest BCUT2D eigenvalue weighted by molar-refractivity contribution is -0.274. The first kappa shape index (κ1) is 86.6. The molecule has 1 fully saturated rings. The van der Waals surface area contributed by atoms with E-state index in [4.69, 9.17) is 46.4 Å². The third-order valence-electron chi connectivity index (χ3n) is 20.9. The second-order valence-electron chi connectivity index (χ2n) is 28.8. The van der Waals surface area contributed by atoms with Crippen LogP contribution in [0.5, 0.6) is 5.75 Å². The van der Waals surface area contributed by atoms with Crippen LogP contribution < -0.4 is 31.3 Å². The van der Waals surface area contributed by atoms with Gasteiger partial charge >= 0.3 is 6.36 Å². The number of aryl methyl sites for hydroxylation is 3. The molecule has 5 heterocycles. The normalized spacial score (nSPS) is 13.2. The van der Waals surface area contributed by atoms with Gasteiger partial charge in [-0.3, -0.25) is 19.9 Å². The molecule has 0 spiro atoms. The number of nitrogens with one attached hydrogen (secondary N) is 5. The Morgan fingerprint density at radius 1 is 0.434 bits per heavy atom. The Hall–Kier alpha value is -8.81. The minimum atomic E-state index is -4.72. The molecule has 2 unspecified atom stereocenters. The van der Waals surface area contributed by atoms with Gasteiger partial charge in [0.25, 0.3) is 0 Å². The van der Waals surface area contributed by atoms with E-state index in [0.29, 0.717) is 21.1 Å². The number of ether oxygens (including phenoxy) is 1. The maximum Gasteiger partial charge on any atom is 0.573 e. The van der Waals surface area contributed by atoms with Gasteiger partial charge in [0.15, 0.2) is 0 Å². The first-order valence-electron chi connectivity index (χ1n) is 39.9. The van der Waals surface area contributed by atoms with Gasteiger partial charge in [-0.1, -0.05) is 196 Å². The zero-order valence-electron chi connectivity index (χ0n) is 67.0. The summed E-state index contributed by atoms with van der Waals surface area (Å²) in [5.74, 6) is -0.258. The molecule has 0 bridgehead atoms. The summed E-state index contributed by atoms with van der Waals surface area (Å²) in [5, 5.41) is 25.3. The first-order valence-corrected chi connectivity index (χ1v) is 41.4. The molecular formula is C93H109Cl4F3N12O. The van der Waals surface area contributed by atoms with Crippen LogP contribution in [0.1, 0.15) is 110 Å². The van der Waals surface area contributed by atoms with Crippen molar-refractivity contribution in [3.8, 4) is 50.3 Å². The van der Waals surface area contributed by atoms with Crippen molar-refractivity contribution in [1.82, 2.24) is 40.0 Å². The molecule has 1 saturated heterocycles. The van der Waals surface area contributed by atoms with Crippen molar-refractivity contribution in [3.63, 3.8) is 0 Å². The molecule has 0 radical (unpaired) electrons. The third kappa shape index (κ3) is 25.1. The summed E-state index contributed by atoms with van der Waals surface area (Å²) in [4.78, 5) is 25.8. The number of anilines is 4. The van der Waals surface area contributed by atoms with E-state index in [0.717, 1.165) is 210 Å². The summed E-state index contributed by atoms with van der Waals surface area (Å²) in [6.45, 7) is 35.1. The summed E-state index contributed by atoms with van der Waals surface area (Å²) in [5.41, 5.74) is 20.1. The zero-order valence-corrected chi connectivity index (χ0v) is 70.0. The van der Waals surface area contributed by atoms with Crippen molar-refractivity contribution in [2.45, 2.75) is 133 Å². The van der Waals surface area contributed by atoms with E-state index in [-0.39, 0.29) is 11.8 Å². The average molecular weight is 1610 g/mol. The number of pyridine rings is 4. The van der Waals surface area contributed by atoms with Crippen LogP contribution in [0.25, 0.3) is 88.1 Å². The van der Waals surface area contributed by atoms with Crippen molar-refractivity contribution in [3.05, 3.63) is 231 Å². The fraction of sp³-hybridized carbons (Fsp3) is 0.355. The summed E-state index contributed by atoms with van der Waals surface area (Å²) in [6, 6.07) is 55.8. The van der Waals surface area contributed by atoms with Gasteiger partial charge in [-0.05, 0) is 232 Å². The van der Waals surface area contributed by atoms with E-state index < -0.39 is 6.36 Å². The molecule has 5 N–H and O–H groups in total. The summed E-state index contributed by atoms with van der Waals surface area (Å²) < 4.78 is 41.6. The monoisotopic (exact) mass is 1610 g/mol. The molecule has 1 aliphatic rings. The fourth-order valence-electron chi connectivity index (χ4n) is 14.3. The van der Waals surface area contributed by atoms with Gasteiger partial charge in [0, 0.05) is 127 Å². The van der Waals surface area contributed by atoms with Crippen LogP contribution in [0, 0.1) is 20.8 Å². The highest BCUT2D eigenvalue weighted by molar-refractivity contribution is 6.32. The average Bonchev–Trinajstić information content (AvgIpc) is 0.815. The third-order valence-corrected chi connectivity index (χ3v) is 21.8. The number of halogens is 7. The van der Waals surface area contributed by atoms with Crippen LogP contribution in [0.4, 0.5) is 35.9 Å². The Morgan fingerprint density at radius 3 is 1.15 bits per heavy atom. The van der Waals surface area contributed by atoms with Crippen LogP contribution in [0.3, 0.4) is 0 Å². The number of likely N-dealkylation sites (N-methyl/N-ethyl adjacent to an activating group) is 1. The predicted octanol–water partition coefficient (Wildman–Crippen LogP) is 24.8. The number of benzene rings is 8. The van der Waals surface area contributed by atoms with E-state index in [2.05, 4.69) is 226 Å². The highest BCUT2D eigenvalue weighted by atomic mass is 35.5. The minimum absolute atomic E-state index is 0.188. The Balaban J connectivity index is 0.000000160. The topological polar surface area (TPSA) is 131 Å². The quantitative estimate of drug-likeness (QED) is 0.0274. The molecule has 13 nitrogen and oxygen atoms in total. The van der Waals surface area contributed by atoms with Crippen molar-refractivity contribution in [1.29, 1.82) is 0 Å². The Morgan fingerprint density at radius 2 is 0.779 bits per heavy atom. The molecule has 113 heavy (non-hydrogen) atoms. The molecule has 2 atom stereocenters. The molecule has 596 valence electrons. The fourth-order valence-corrected chi connectivity index (χ4v) is 14.9. The van der Waals surface area contributed by atoms with Crippen LogP contribution in [-0.2, 0) is 0 Å². The number of piperidine rings is 1. The molecule has 0 aliphatic carbocycles. The van der Waals surface area contributed by atoms with E-state index in [1.54, 1.807) is 24.4 Å². The molecule has 12 aromatic rings. The summed E-state index contributed by atoms with van der Waals surface area (Å²) in [6.07, 6.45) is 11.1. The number of fused-ring (bicyclic) bond motifs is 4. The van der Waals surface area contributed by atoms with E-state index in [1.807, 2.05) is 67.1 Å². The SMILES string of the molecule is CCN(CC)CCCC(C)Nc1c(-c2ccc(OC(F)(F)F)cc2)cnc2cc(Cl)ccc12.CCN(CC)CCCNc1c(-c2ccc(C)cc2)cnc2cc(Cl)ccc12.CCN(CC)CCNc1c(-c2ccc(C)cc2)cnc2cc(Cl)ccc12.Cc1ccc(-c2cnc3cc(Cl)ccc3c2NCCC2CCCCN2)cc1. The van der Waals surface area contributed by atoms with Gasteiger partial charge in [0.1, 0.15) is 5.75 Å². The number of nitrogens with zero attached hydrogens (tertiary/aromatic N) is 7. The minimum Gasteiger partial charge on any atom is -0.406 e. The largest absolute Gasteiger partial charge is 0.573 e. The van der Waals surface area contributed by atoms with Crippen LogP contribution in [0.2, 0.25) is 20.1 Å². The number of rotatable bonds is 30. The molecular weight excluding hydrogens is 1500 g/mol. The van der Waals surface area contributed by atoms with E-state index in [9.17, 15) is 13.2 Å². The Labute approximate surface area is 686 Å². The van der Waals surface area contributed by atoms with Crippen LogP contribution in [-0.4, -0.2) is 138 Å². The summed E-state index contributed by atoms with van der Waals surface area (Å²) in [7, 11) is 0. The molecule has 1 aliphatic heterocycles. The van der Waals surface area contributed by atoms with E-state index >= 15 is 0 Å². The molecule has 4 aromatic heterocycles. The highest BCUT2D eigenvalue weighted by Crippen LogP contribution is 2.41. The Kier molecular flexibility index (Phi) is 33.0. The van der Waals surface area contributed by atoms with Crippen LogP contribution >= 0.6 is 46.4 Å². The zero-order chi connectivity index (χ0) is 80.4. The molecule has 0 amide bonds. The summed E-state index contributed by atoms with van der Waals surface area (Å²) >= 11 is 24.7.